The van der Waals surface area contributed by atoms with E-state index < -0.39 is 63.6 Å². The number of nitrogens with zero attached hydrogens (tertiary/aromatic N) is 2. The maximum atomic E-state index is 14.0. The lowest BCUT2D eigenvalue weighted by molar-refractivity contribution is -0.159. The zero-order valence-corrected chi connectivity index (χ0v) is 21.6. The minimum Gasteiger partial charge on any atom is -0.508 e. The van der Waals surface area contributed by atoms with Crippen LogP contribution >= 0.6 is 0 Å². The lowest BCUT2D eigenvalue weighted by atomic mass is 9.54. The van der Waals surface area contributed by atoms with E-state index in [0.29, 0.717) is 0 Å². The van der Waals surface area contributed by atoms with Crippen molar-refractivity contribution in [1.82, 2.24) is 15.1 Å². The highest BCUT2D eigenvalue weighted by molar-refractivity contribution is 6.25. The summed E-state index contributed by atoms with van der Waals surface area (Å²) in [5, 5.41) is 59.0. The number of carbonyl (C=O) groups is 3. The number of aliphatic hydroxyl groups excluding tert-OH is 2. The molecule has 6 N–H and O–H groups in total. The summed E-state index contributed by atoms with van der Waals surface area (Å²) in [5.41, 5.74) is -5.54. The highest BCUT2D eigenvalue weighted by Gasteiger charge is 2.66. The van der Waals surface area contributed by atoms with E-state index in [9.17, 15) is 39.9 Å². The van der Waals surface area contributed by atoms with E-state index in [-0.39, 0.29) is 37.0 Å². The molecule has 5 rings (SSSR count). The number of phenolic OH excluding ortho intramolecular Hbond substituents is 1. The maximum Gasteiger partial charge on any atom is 0.259 e. The molecule has 38 heavy (non-hydrogen) atoms. The first-order chi connectivity index (χ1) is 17.8. The molecule has 1 aromatic carbocycles. The van der Waals surface area contributed by atoms with Crippen LogP contribution in [0.1, 0.15) is 38.7 Å². The average molecular weight is 530 g/mol. The SMILES string of the molecule is CN(C)[C@H]1C(=O)C(C(=O)NCN2CCCC2)=C(O)[C@]2(O)C(=O)C3=C(O)c4c(O)cccc4[C@](C)(O)C3CC12.[HH]. The number of hydrogen-bond donors (Lipinski definition) is 6. The van der Waals surface area contributed by atoms with Crippen LogP contribution in [0.3, 0.4) is 0 Å². The summed E-state index contributed by atoms with van der Waals surface area (Å²) in [4.78, 5) is 44.3. The molecule has 1 aliphatic heterocycles. The maximum absolute atomic E-state index is 14.0. The van der Waals surface area contributed by atoms with E-state index in [1.807, 2.05) is 4.90 Å². The minimum atomic E-state index is -2.72. The van der Waals surface area contributed by atoms with Crippen LogP contribution in [0.5, 0.6) is 5.75 Å². The molecule has 1 amide bonds. The molecule has 0 bridgehead atoms. The molecular formula is C27H35N3O8. The molecule has 11 heteroatoms. The fourth-order valence-electron chi connectivity index (χ4n) is 6.70. The monoisotopic (exact) mass is 529 g/mol. The molecule has 0 aromatic heterocycles. The summed E-state index contributed by atoms with van der Waals surface area (Å²) in [6.45, 7) is 3.11. The molecule has 0 spiro atoms. The van der Waals surface area contributed by atoms with Crippen molar-refractivity contribution in [2.24, 2.45) is 11.8 Å². The topological polar surface area (TPSA) is 171 Å². The minimum absolute atomic E-state index is 0. The molecule has 1 saturated carbocycles. The van der Waals surface area contributed by atoms with Crippen molar-refractivity contribution in [3.8, 4) is 5.75 Å². The van der Waals surface area contributed by atoms with Gasteiger partial charge in [0, 0.05) is 18.8 Å². The van der Waals surface area contributed by atoms with Crippen molar-refractivity contribution in [3.63, 3.8) is 0 Å². The number of nitrogens with one attached hydrogen (secondary N) is 1. The van der Waals surface area contributed by atoms with Crippen LogP contribution in [-0.4, -0.2) is 98.3 Å². The number of aliphatic hydroxyl groups is 4. The van der Waals surface area contributed by atoms with Gasteiger partial charge >= 0.3 is 0 Å². The van der Waals surface area contributed by atoms with Gasteiger partial charge in [-0.05, 0) is 65.0 Å². The van der Waals surface area contributed by atoms with Gasteiger partial charge in [0.15, 0.2) is 11.4 Å². The first kappa shape index (κ1) is 26.4. The van der Waals surface area contributed by atoms with Crippen molar-refractivity contribution in [2.45, 2.75) is 43.4 Å². The number of carbonyl (C=O) groups excluding carboxylic acids is 3. The van der Waals surface area contributed by atoms with Gasteiger partial charge in [0.1, 0.15) is 22.8 Å². The summed E-state index contributed by atoms with van der Waals surface area (Å²) in [6, 6.07) is 3.12. The summed E-state index contributed by atoms with van der Waals surface area (Å²) >= 11 is 0. The Morgan fingerprint density at radius 2 is 1.82 bits per heavy atom. The highest BCUT2D eigenvalue weighted by Crippen LogP contribution is 2.57. The van der Waals surface area contributed by atoms with E-state index in [1.165, 1.54) is 30.0 Å². The molecule has 1 saturated heterocycles. The molecule has 206 valence electrons. The van der Waals surface area contributed by atoms with Gasteiger partial charge in [-0.2, -0.15) is 0 Å². The van der Waals surface area contributed by atoms with Crippen LogP contribution in [0.15, 0.2) is 35.1 Å². The summed E-state index contributed by atoms with van der Waals surface area (Å²) in [6.07, 6.45) is 1.78. The predicted molar refractivity (Wildman–Crippen MR) is 137 cm³/mol. The van der Waals surface area contributed by atoms with Crippen LogP contribution in [0, 0.1) is 11.8 Å². The van der Waals surface area contributed by atoms with E-state index in [2.05, 4.69) is 5.32 Å². The van der Waals surface area contributed by atoms with Gasteiger partial charge in [-0.3, -0.25) is 24.2 Å². The number of fused-ring (bicyclic) bond motifs is 3. The quantitative estimate of drug-likeness (QED) is 0.303. The van der Waals surface area contributed by atoms with Gasteiger partial charge in [0.2, 0.25) is 5.78 Å². The number of likely N-dealkylation sites (tertiary alicyclic amines) is 1. The third-order valence-corrected chi connectivity index (χ3v) is 8.66. The van der Waals surface area contributed by atoms with E-state index in [4.69, 9.17) is 0 Å². The van der Waals surface area contributed by atoms with Crippen molar-refractivity contribution in [3.05, 3.63) is 46.2 Å². The number of aromatic hydroxyl groups is 1. The first-order valence-electron chi connectivity index (χ1n) is 12.7. The fraction of sp³-hybridized carbons (Fsp3) is 0.519. The normalized spacial score (nSPS) is 33.4. The molecule has 5 atom stereocenters. The second kappa shape index (κ2) is 8.91. The number of ketones is 2. The van der Waals surface area contributed by atoms with Crippen LogP contribution in [-0.2, 0) is 20.0 Å². The van der Waals surface area contributed by atoms with Gasteiger partial charge in [0.05, 0.1) is 23.9 Å². The molecule has 2 fully saturated rings. The van der Waals surface area contributed by atoms with Gasteiger partial charge in [-0.15, -0.1) is 0 Å². The average Bonchev–Trinajstić information content (AvgIpc) is 3.37. The Kier molecular flexibility index (Phi) is 6.18. The summed E-state index contributed by atoms with van der Waals surface area (Å²) < 4.78 is 0. The second-order valence-corrected chi connectivity index (χ2v) is 11.1. The lowest BCUT2D eigenvalue weighted by Crippen LogP contribution is -2.67. The fourth-order valence-corrected chi connectivity index (χ4v) is 6.70. The second-order valence-electron chi connectivity index (χ2n) is 11.1. The number of rotatable bonds is 4. The van der Waals surface area contributed by atoms with Crippen molar-refractivity contribution in [2.75, 3.05) is 33.9 Å². The zero-order valence-electron chi connectivity index (χ0n) is 21.6. The summed E-state index contributed by atoms with van der Waals surface area (Å²) in [7, 11) is 3.12. The molecule has 11 nitrogen and oxygen atoms in total. The molecule has 0 radical (unpaired) electrons. The molecule has 1 heterocycles. The largest absolute Gasteiger partial charge is 0.508 e. The van der Waals surface area contributed by atoms with E-state index in [1.54, 1.807) is 14.1 Å². The molecule has 1 aromatic rings. The Bertz CT molecular complexity index is 1300. The van der Waals surface area contributed by atoms with Crippen molar-refractivity contribution < 1.29 is 41.3 Å². The van der Waals surface area contributed by atoms with Crippen molar-refractivity contribution >= 4 is 23.2 Å². The predicted octanol–water partition coefficient (Wildman–Crippen LogP) is 0.559. The molecule has 2 unspecified atom stereocenters. The lowest BCUT2D eigenvalue weighted by Gasteiger charge is -2.53. The Labute approximate surface area is 221 Å². The number of benzene rings is 1. The summed E-state index contributed by atoms with van der Waals surface area (Å²) in [5.74, 6) is -7.17. The standard InChI is InChI=1S/C27H33N3O8.H2/c1-26(37)13-7-6-8-16(31)17(13)21(32)18-14(26)11-15-20(29(2)3)22(33)19(24(35)27(15,38)23(18)34)25(36)28-12-30-9-4-5-10-30;/h6-8,14-15,20,31-32,35,37-38H,4-5,9-12H2,1-3H3,(H,28,36);1H/t14?,15?,20-,26+,27-;/m1./s1. The number of hydrogen-bond acceptors (Lipinski definition) is 10. The van der Waals surface area contributed by atoms with E-state index in [0.717, 1.165) is 25.9 Å². The third kappa shape index (κ3) is 3.53. The van der Waals surface area contributed by atoms with E-state index >= 15 is 0 Å². The van der Waals surface area contributed by atoms with Gasteiger partial charge in [-0.25, -0.2) is 0 Å². The van der Waals surface area contributed by atoms with Gasteiger partial charge in [0.25, 0.3) is 5.91 Å². The van der Waals surface area contributed by atoms with Crippen LogP contribution < -0.4 is 5.32 Å². The number of Topliss-reactive ketones (excluding diaryl/α,β-unsaturated/α-hetero) is 2. The molecule has 3 aliphatic carbocycles. The smallest absolute Gasteiger partial charge is 0.259 e. The van der Waals surface area contributed by atoms with Gasteiger partial charge in [-0.1, -0.05) is 12.1 Å². The number of amides is 1. The van der Waals surface area contributed by atoms with Crippen molar-refractivity contribution in [1.29, 1.82) is 0 Å². The Hall–Kier alpha value is -3.25. The number of phenols is 1. The van der Waals surface area contributed by atoms with Crippen LogP contribution in [0.4, 0.5) is 0 Å². The first-order valence-corrected chi connectivity index (χ1v) is 12.7. The third-order valence-electron chi connectivity index (χ3n) is 8.66. The van der Waals surface area contributed by atoms with Crippen LogP contribution in [0.25, 0.3) is 5.76 Å². The highest BCUT2D eigenvalue weighted by atomic mass is 16.3. The van der Waals surface area contributed by atoms with Crippen LogP contribution in [0.2, 0.25) is 0 Å². The Morgan fingerprint density at radius 3 is 2.45 bits per heavy atom. The van der Waals surface area contributed by atoms with Gasteiger partial charge < -0.3 is 30.8 Å². The molecule has 4 aliphatic rings. The number of likely N-dealkylation sites (N-methyl/N-ethyl adjacent to an activating group) is 1. The Balaban J connectivity index is 0.00000353. The Morgan fingerprint density at radius 1 is 1.16 bits per heavy atom. The molecular weight excluding hydrogens is 494 g/mol. The zero-order chi connectivity index (χ0) is 27.7.